The van der Waals surface area contributed by atoms with Crippen LogP contribution < -0.4 is 11.1 Å². The number of esters is 1. The fourth-order valence-electron chi connectivity index (χ4n) is 2.53. The maximum Gasteiger partial charge on any atom is 0.306 e. The highest BCUT2D eigenvalue weighted by molar-refractivity contribution is 5.81. The van der Waals surface area contributed by atoms with E-state index in [2.05, 4.69) is 20.4 Å². The Balaban J connectivity index is 1.58. The van der Waals surface area contributed by atoms with Crippen LogP contribution >= 0.6 is 0 Å². The molecule has 24 heavy (non-hydrogen) atoms. The van der Waals surface area contributed by atoms with Gasteiger partial charge in [0.2, 0.25) is 5.95 Å². The molecule has 0 saturated heterocycles. The molecule has 1 aliphatic carbocycles. The number of amides is 1. The van der Waals surface area contributed by atoms with Crippen molar-refractivity contribution >= 4 is 23.6 Å². The summed E-state index contributed by atoms with van der Waals surface area (Å²) in [5.41, 5.74) is 8.09. The number of hydrogen-bond donors (Lipinski definition) is 2. The minimum absolute atomic E-state index is 0.156. The van der Waals surface area contributed by atoms with Crippen LogP contribution in [0, 0.1) is 13.8 Å². The molecule has 2 heterocycles. The number of ether oxygens (including phenoxy) is 1. The Hall–Kier alpha value is -2.71. The molecular formula is C15H20N6O3. The van der Waals surface area contributed by atoms with Gasteiger partial charge in [0.15, 0.2) is 6.61 Å². The van der Waals surface area contributed by atoms with Crippen LogP contribution in [-0.2, 0) is 20.7 Å². The minimum Gasteiger partial charge on any atom is -0.456 e. The molecule has 2 aromatic heterocycles. The molecule has 3 N–H and O–H groups in total. The third kappa shape index (κ3) is 3.61. The predicted molar refractivity (Wildman–Crippen MR) is 85.1 cm³/mol. The van der Waals surface area contributed by atoms with Crippen molar-refractivity contribution in [3.63, 3.8) is 0 Å². The number of nitrogen functional groups attached to an aromatic ring is 1. The summed E-state index contributed by atoms with van der Waals surface area (Å²) in [4.78, 5) is 31.7. The van der Waals surface area contributed by atoms with Gasteiger partial charge >= 0.3 is 5.97 Å². The van der Waals surface area contributed by atoms with Crippen LogP contribution in [-0.4, -0.2) is 44.1 Å². The van der Waals surface area contributed by atoms with Crippen LogP contribution in [0.1, 0.15) is 36.2 Å². The topological polar surface area (TPSA) is 124 Å². The summed E-state index contributed by atoms with van der Waals surface area (Å²) in [5.74, 6) is -0.0776. The molecule has 0 unspecified atom stereocenters. The standard InChI is InChI=1S/C15H20N6O3/c1-8-11(9(2)21-15(17-8)19-14(16)20-21)5-6-13(23)24-7-12(22)18-10-3-4-10/h10H,3-7H2,1-2H3,(H2,16,20)(H,18,22). The predicted octanol–water partition coefficient (Wildman–Crippen LogP) is 0.0777. The van der Waals surface area contributed by atoms with E-state index in [0.29, 0.717) is 12.2 Å². The van der Waals surface area contributed by atoms with Crippen LogP contribution in [0.25, 0.3) is 5.78 Å². The van der Waals surface area contributed by atoms with E-state index in [1.54, 1.807) is 4.52 Å². The van der Waals surface area contributed by atoms with E-state index in [0.717, 1.165) is 29.8 Å². The molecule has 9 nitrogen and oxygen atoms in total. The summed E-state index contributed by atoms with van der Waals surface area (Å²) < 4.78 is 6.56. The average molecular weight is 332 g/mol. The summed E-state index contributed by atoms with van der Waals surface area (Å²) in [5, 5.41) is 6.85. The monoisotopic (exact) mass is 332 g/mol. The van der Waals surface area contributed by atoms with E-state index in [1.807, 2.05) is 13.8 Å². The second kappa shape index (κ2) is 6.42. The van der Waals surface area contributed by atoms with E-state index in [9.17, 15) is 9.59 Å². The Morgan fingerprint density at radius 3 is 2.79 bits per heavy atom. The number of nitrogens with zero attached hydrogens (tertiary/aromatic N) is 4. The van der Waals surface area contributed by atoms with Crippen molar-refractivity contribution in [2.75, 3.05) is 12.3 Å². The number of carbonyl (C=O) groups is 2. The highest BCUT2D eigenvalue weighted by Gasteiger charge is 2.23. The van der Waals surface area contributed by atoms with Crippen LogP contribution in [0.2, 0.25) is 0 Å². The summed E-state index contributed by atoms with van der Waals surface area (Å²) >= 11 is 0. The maximum atomic E-state index is 11.8. The van der Waals surface area contributed by atoms with Gasteiger partial charge in [-0.25, -0.2) is 4.98 Å². The molecule has 0 atom stereocenters. The van der Waals surface area contributed by atoms with E-state index in [-0.39, 0.29) is 30.9 Å². The number of hydrogen-bond acceptors (Lipinski definition) is 7. The van der Waals surface area contributed by atoms with Crippen molar-refractivity contribution in [2.45, 2.75) is 45.6 Å². The van der Waals surface area contributed by atoms with Gasteiger partial charge in [-0.15, -0.1) is 5.10 Å². The third-order valence-corrected chi connectivity index (χ3v) is 3.95. The van der Waals surface area contributed by atoms with Gasteiger partial charge in [-0.2, -0.15) is 9.50 Å². The maximum absolute atomic E-state index is 11.8. The fraction of sp³-hybridized carbons (Fsp3) is 0.533. The Bertz CT molecular complexity index is 796. The first-order valence-corrected chi connectivity index (χ1v) is 7.87. The molecule has 2 aromatic rings. The summed E-state index contributed by atoms with van der Waals surface area (Å²) in [6.45, 7) is 3.49. The highest BCUT2D eigenvalue weighted by atomic mass is 16.5. The lowest BCUT2D eigenvalue weighted by molar-refractivity contribution is -0.148. The first-order valence-electron chi connectivity index (χ1n) is 7.87. The number of aryl methyl sites for hydroxylation is 2. The third-order valence-electron chi connectivity index (χ3n) is 3.95. The number of carbonyl (C=O) groups excluding carboxylic acids is 2. The van der Waals surface area contributed by atoms with Crippen LogP contribution in [0.4, 0.5) is 5.95 Å². The number of fused-ring (bicyclic) bond motifs is 1. The normalized spacial score (nSPS) is 13.9. The number of aromatic nitrogens is 4. The molecule has 1 saturated carbocycles. The zero-order valence-corrected chi connectivity index (χ0v) is 13.7. The number of anilines is 1. The Morgan fingerprint density at radius 2 is 2.08 bits per heavy atom. The molecule has 1 amide bonds. The van der Waals surface area contributed by atoms with Gasteiger partial charge in [0.05, 0.1) is 0 Å². The van der Waals surface area contributed by atoms with Crippen molar-refractivity contribution in [2.24, 2.45) is 0 Å². The molecular weight excluding hydrogens is 312 g/mol. The first-order chi connectivity index (χ1) is 11.4. The second-order valence-corrected chi connectivity index (χ2v) is 5.95. The average Bonchev–Trinajstić information content (AvgIpc) is 3.25. The number of rotatable bonds is 6. The van der Waals surface area contributed by atoms with Crippen molar-refractivity contribution in [3.8, 4) is 0 Å². The van der Waals surface area contributed by atoms with Gasteiger partial charge in [0.25, 0.3) is 11.7 Å². The van der Waals surface area contributed by atoms with Crippen molar-refractivity contribution < 1.29 is 14.3 Å². The Labute approximate surface area is 138 Å². The van der Waals surface area contributed by atoms with Gasteiger partial charge in [0.1, 0.15) is 0 Å². The molecule has 0 spiro atoms. The highest BCUT2D eigenvalue weighted by Crippen LogP contribution is 2.18. The van der Waals surface area contributed by atoms with Crippen molar-refractivity contribution in [1.29, 1.82) is 0 Å². The quantitative estimate of drug-likeness (QED) is 0.718. The molecule has 1 fully saturated rings. The first kappa shape index (κ1) is 16.2. The summed E-state index contributed by atoms with van der Waals surface area (Å²) in [7, 11) is 0. The van der Waals surface area contributed by atoms with E-state index in [1.165, 1.54) is 0 Å². The molecule has 3 rings (SSSR count). The molecule has 0 bridgehead atoms. The lowest BCUT2D eigenvalue weighted by atomic mass is 10.1. The lowest BCUT2D eigenvalue weighted by Gasteiger charge is -2.10. The van der Waals surface area contributed by atoms with Gasteiger partial charge in [-0.3, -0.25) is 9.59 Å². The fourth-order valence-corrected chi connectivity index (χ4v) is 2.53. The van der Waals surface area contributed by atoms with Crippen molar-refractivity contribution in [3.05, 3.63) is 17.0 Å². The molecule has 0 aromatic carbocycles. The van der Waals surface area contributed by atoms with Crippen LogP contribution in [0.15, 0.2) is 0 Å². The molecule has 1 aliphatic rings. The second-order valence-electron chi connectivity index (χ2n) is 5.95. The number of nitrogens with one attached hydrogen (secondary N) is 1. The lowest BCUT2D eigenvalue weighted by Crippen LogP contribution is -2.30. The number of nitrogens with two attached hydrogens (primary N) is 1. The Morgan fingerprint density at radius 1 is 1.33 bits per heavy atom. The van der Waals surface area contributed by atoms with Crippen LogP contribution in [0.3, 0.4) is 0 Å². The molecule has 0 radical (unpaired) electrons. The van der Waals surface area contributed by atoms with Gasteiger partial charge in [0, 0.05) is 23.9 Å². The van der Waals surface area contributed by atoms with Crippen molar-refractivity contribution in [1.82, 2.24) is 24.9 Å². The Kier molecular flexibility index (Phi) is 4.32. The van der Waals surface area contributed by atoms with E-state index in [4.69, 9.17) is 10.5 Å². The van der Waals surface area contributed by atoms with Gasteiger partial charge in [-0.05, 0) is 38.7 Å². The van der Waals surface area contributed by atoms with Crippen LogP contribution in [0.5, 0.6) is 0 Å². The molecule has 128 valence electrons. The summed E-state index contributed by atoms with van der Waals surface area (Å²) in [6.07, 6.45) is 2.61. The molecule has 9 heteroatoms. The summed E-state index contributed by atoms with van der Waals surface area (Å²) in [6, 6.07) is 0.259. The molecule has 0 aliphatic heterocycles. The smallest absolute Gasteiger partial charge is 0.306 e. The van der Waals surface area contributed by atoms with Gasteiger partial charge < -0.3 is 15.8 Å². The van der Waals surface area contributed by atoms with E-state index < -0.39 is 5.97 Å². The minimum atomic E-state index is -0.419. The van der Waals surface area contributed by atoms with Gasteiger partial charge in [-0.1, -0.05) is 0 Å². The zero-order chi connectivity index (χ0) is 17.3. The van der Waals surface area contributed by atoms with E-state index >= 15 is 0 Å². The largest absolute Gasteiger partial charge is 0.456 e. The zero-order valence-electron chi connectivity index (χ0n) is 13.7. The SMILES string of the molecule is Cc1nc2nc(N)nn2c(C)c1CCC(=O)OCC(=O)NC1CC1.